The summed E-state index contributed by atoms with van der Waals surface area (Å²) in [5, 5.41) is 19.4. The molecule has 0 aromatic carbocycles. The number of oxime groups is 2. The molecule has 0 spiro atoms. The molecule has 0 atom stereocenters. The molecule has 1 aliphatic rings. The number of hydrazine groups is 1. The predicted molar refractivity (Wildman–Crippen MR) is 71.1 cm³/mol. The maximum Gasteiger partial charge on any atom is 0.214 e. The van der Waals surface area contributed by atoms with Gasteiger partial charge in [0.2, 0.25) is 12.0 Å². The molecule has 0 N–H and O–H groups in total. The molecule has 8 heteroatoms. The standard InChI is InChI=1S/C11H18N6O2/c1-3-5-18-14-7-11(15-19-6-4-2)17-10-13-9-16(17)8-12/h7,10H,3-6,9H2,1-2H3. The molecule has 0 saturated heterocycles. The molecular weight excluding hydrogens is 248 g/mol. The number of hydrogen-bond acceptors (Lipinski definition) is 7. The van der Waals surface area contributed by atoms with Gasteiger partial charge in [0, 0.05) is 0 Å². The van der Waals surface area contributed by atoms with E-state index >= 15 is 0 Å². The normalized spacial score (nSPS) is 15.1. The van der Waals surface area contributed by atoms with Crippen molar-refractivity contribution in [1.29, 1.82) is 5.26 Å². The average molecular weight is 266 g/mol. The number of amidine groups is 1. The summed E-state index contributed by atoms with van der Waals surface area (Å²) in [6.07, 6.45) is 6.58. The molecule has 0 aliphatic carbocycles. The van der Waals surface area contributed by atoms with Crippen molar-refractivity contribution in [2.75, 3.05) is 19.9 Å². The van der Waals surface area contributed by atoms with Gasteiger partial charge < -0.3 is 9.68 Å². The van der Waals surface area contributed by atoms with Crippen LogP contribution in [0.2, 0.25) is 0 Å². The lowest BCUT2D eigenvalue weighted by molar-refractivity contribution is 0.134. The van der Waals surface area contributed by atoms with Gasteiger partial charge in [-0.1, -0.05) is 24.2 Å². The highest BCUT2D eigenvalue weighted by atomic mass is 16.6. The number of nitrogens with zero attached hydrogens (tertiary/aromatic N) is 6. The first-order valence-electron chi connectivity index (χ1n) is 6.15. The van der Waals surface area contributed by atoms with Crippen molar-refractivity contribution in [3.8, 4) is 6.19 Å². The fourth-order valence-corrected chi connectivity index (χ4v) is 1.14. The monoisotopic (exact) mass is 266 g/mol. The topological polar surface area (TPSA) is 85.8 Å². The van der Waals surface area contributed by atoms with Crippen molar-refractivity contribution in [2.24, 2.45) is 15.3 Å². The van der Waals surface area contributed by atoms with Gasteiger partial charge >= 0.3 is 0 Å². The van der Waals surface area contributed by atoms with Gasteiger partial charge in [-0.15, -0.1) is 0 Å². The van der Waals surface area contributed by atoms with E-state index in [1.54, 1.807) is 0 Å². The van der Waals surface area contributed by atoms with Crippen LogP contribution in [0.3, 0.4) is 0 Å². The van der Waals surface area contributed by atoms with E-state index in [0.29, 0.717) is 19.0 Å². The van der Waals surface area contributed by atoms with Crippen LogP contribution in [0, 0.1) is 11.5 Å². The van der Waals surface area contributed by atoms with Crippen molar-refractivity contribution in [2.45, 2.75) is 26.7 Å². The Morgan fingerprint density at radius 1 is 1.42 bits per heavy atom. The van der Waals surface area contributed by atoms with Crippen LogP contribution in [-0.4, -0.2) is 48.3 Å². The minimum Gasteiger partial charge on any atom is -0.396 e. The van der Waals surface area contributed by atoms with Gasteiger partial charge in [0.25, 0.3) is 0 Å². The van der Waals surface area contributed by atoms with E-state index in [9.17, 15) is 0 Å². The van der Waals surface area contributed by atoms with Crippen LogP contribution in [0.25, 0.3) is 0 Å². The number of nitriles is 1. The van der Waals surface area contributed by atoms with Gasteiger partial charge in [-0.05, 0) is 12.8 Å². The molecule has 0 amide bonds. The molecule has 8 nitrogen and oxygen atoms in total. The zero-order valence-corrected chi connectivity index (χ0v) is 11.2. The summed E-state index contributed by atoms with van der Waals surface area (Å²) in [5.74, 6) is 0.340. The summed E-state index contributed by atoms with van der Waals surface area (Å²) in [6.45, 7) is 5.24. The first-order valence-corrected chi connectivity index (χ1v) is 6.15. The molecule has 0 aromatic heterocycles. The van der Waals surface area contributed by atoms with Crippen LogP contribution in [-0.2, 0) is 9.68 Å². The molecule has 0 saturated carbocycles. The van der Waals surface area contributed by atoms with Crippen molar-refractivity contribution in [3.05, 3.63) is 0 Å². The Morgan fingerprint density at radius 3 is 2.84 bits per heavy atom. The summed E-state index contributed by atoms with van der Waals surface area (Å²) in [6, 6.07) is 0. The highest BCUT2D eigenvalue weighted by Crippen LogP contribution is 2.03. The van der Waals surface area contributed by atoms with Crippen LogP contribution < -0.4 is 0 Å². The minimum absolute atomic E-state index is 0.257. The lowest BCUT2D eigenvalue weighted by atomic mass is 10.5. The van der Waals surface area contributed by atoms with E-state index in [1.807, 2.05) is 20.0 Å². The maximum atomic E-state index is 8.95. The fraction of sp³-hybridized carbons (Fsp3) is 0.636. The highest BCUT2D eigenvalue weighted by Gasteiger charge is 2.20. The summed E-state index contributed by atoms with van der Waals surface area (Å²) in [7, 11) is 0. The lowest BCUT2D eigenvalue weighted by Crippen LogP contribution is -2.39. The van der Waals surface area contributed by atoms with E-state index < -0.39 is 0 Å². The minimum atomic E-state index is 0.257. The third-order valence-corrected chi connectivity index (χ3v) is 2.01. The number of aliphatic imine (C=N–C) groups is 1. The second-order valence-corrected chi connectivity index (χ2v) is 3.63. The highest BCUT2D eigenvalue weighted by molar-refractivity contribution is 6.31. The van der Waals surface area contributed by atoms with E-state index in [0.717, 1.165) is 12.8 Å². The molecule has 0 radical (unpaired) electrons. The van der Waals surface area contributed by atoms with Gasteiger partial charge in [-0.2, -0.15) is 10.3 Å². The van der Waals surface area contributed by atoms with Crippen molar-refractivity contribution in [1.82, 2.24) is 10.0 Å². The third kappa shape index (κ3) is 4.83. The second kappa shape index (κ2) is 8.74. The van der Waals surface area contributed by atoms with Crippen LogP contribution in [0.4, 0.5) is 0 Å². The predicted octanol–water partition coefficient (Wildman–Crippen LogP) is 1.14. The Balaban J connectivity index is 2.68. The van der Waals surface area contributed by atoms with Crippen molar-refractivity contribution in [3.63, 3.8) is 0 Å². The summed E-state index contributed by atoms with van der Waals surface area (Å²) < 4.78 is 0. The van der Waals surface area contributed by atoms with Gasteiger partial charge in [-0.3, -0.25) is 0 Å². The van der Waals surface area contributed by atoms with Crippen molar-refractivity contribution < 1.29 is 9.68 Å². The molecule has 1 aliphatic heterocycles. The van der Waals surface area contributed by atoms with E-state index in [-0.39, 0.29) is 6.67 Å². The molecule has 0 fully saturated rings. The SMILES string of the molecule is CCCON=CC(=NOCCC)N1C=NCN1C#N. The molecular formula is C11H18N6O2. The first-order chi connectivity index (χ1) is 9.33. The van der Waals surface area contributed by atoms with Crippen LogP contribution >= 0.6 is 0 Å². The van der Waals surface area contributed by atoms with E-state index in [4.69, 9.17) is 14.9 Å². The largest absolute Gasteiger partial charge is 0.396 e. The zero-order valence-electron chi connectivity index (χ0n) is 11.2. The smallest absolute Gasteiger partial charge is 0.214 e. The van der Waals surface area contributed by atoms with Gasteiger partial charge in [0.05, 0.1) is 0 Å². The van der Waals surface area contributed by atoms with E-state index in [1.165, 1.54) is 22.6 Å². The Hall–Kier alpha value is -2.30. The fourth-order valence-electron chi connectivity index (χ4n) is 1.14. The summed E-state index contributed by atoms with van der Waals surface area (Å²) in [4.78, 5) is 14.1. The lowest BCUT2D eigenvalue weighted by Gasteiger charge is -2.19. The van der Waals surface area contributed by atoms with Crippen LogP contribution in [0.1, 0.15) is 26.7 Å². The Labute approximate surface area is 112 Å². The quantitative estimate of drug-likeness (QED) is 0.227. The Bertz CT molecular complexity index is 387. The van der Waals surface area contributed by atoms with Crippen molar-refractivity contribution >= 4 is 18.4 Å². The van der Waals surface area contributed by atoms with E-state index in [2.05, 4.69) is 15.3 Å². The number of hydrogen-bond donors (Lipinski definition) is 0. The third-order valence-electron chi connectivity index (χ3n) is 2.01. The number of rotatable bonds is 7. The second-order valence-electron chi connectivity index (χ2n) is 3.63. The molecule has 19 heavy (non-hydrogen) atoms. The molecule has 1 heterocycles. The summed E-state index contributed by atoms with van der Waals surface area (Å²) >= 11 is 0. The Morgan fingerprint density at radius 2 is 2.16 bits per heavy atom. The molecule has 1 rings (SSSR count). The maximum absolute atomic E-state index is 8.95. The van der Waals surface area contributed by atoms with Crippen LogP contribution in [0.5, 0.6) is 0 Å². The molecule has 0 unspecified atom stereocenters. The average Bonchev–Trinajstić information content (AvgIpc) is 2.90. The molecule has 0 bridgehead atoms. The van der Waals surface area contributed by atoms with Gasteiger partial charge in [0.1, 0.15) is 32.4 Å². The molecule has 104 valence electrons. The Kier molecular flexibility index (Phi) is 6.79. The molecule has 0 aromatic rings. The first kappa shape index (κ1) is 14.8. The zero-order chi connectivity index (χ0) is 13.9. The van der Waals surface area contributed by atoms with Gasteiger partial charge in [-0.25, -0.2) is 10.0 Å². The van der Waals surface area contributed by atoms with Crippen LogP contribution in [0.15, 0.2) is 15.3 Å². The summed E-state index contributed by atoms with van der Waals surface area (Å²) in [5.41, 5.74) is 0. The van der Waals surface area contributed by atoms with Gasteiger partial charge in [0.15, 0.2) is 0 Å².